The van der Waals surface area contributed by atoms with Crippen LogP contribution in [0.5, 0.6) is 0 Å². The van der Waals surface area contributed by atoms with E-state index >= 15 is 0 Å². The molecule has 0 saturated carbocycles. The highest BCUT2D eigenvalue weighted by Crippen LogP contribution is 2.26. The van der Waals surface area contributed by atoms with E-state index in [2.05, 4.69) is 5.32 Å². The van der Waals surface area contributed by atoms with E-state index in [0.29, 0.717) is 5.02 Å². The van der Waals surface area contributed by atoms with Crippen LogP contribution in [0.3, 0.4) is 0 Å². The first-order valence-corrected chi connectivity index (χ1v) is 9.40. The van der Waals surface area contributed by atoms with Gasteiger partial charge in [0.25, 0.3) is 5.91 Å². The molecule has 0 bridgehead atoms. The van der Waals surface area contributed by atoms with Gasteiger partial charge in [0, 0.05) is 15.6 Å². The lowest BCUT2D eigenvalue weighted by Gasteiger charge is -2.18. The molecule has 0 unspecified atom stereocenters. The molecule has 3 rings (SSSR count). The zero-order valence-electron chi connectivity index (χ0n) is 14.2. The van der Waals surface area contributed by atoms with Gasteiger partial charge in [-0.1, -0.05) is 48.0 Å². The molecular weight excluding hydrogens is 384 g/mol. The Labute approximate surface area is 165 Å². The molecule has 2 aromatic carbocycles. The lowest BCUT2D eigenvalue weighted by Crippen LogP contribution is -2.32. The van der Waals surface area contributed by atoms with Gasteiger partial charge in [0.1, 0.15) is 0 Å². The number of carbonyl (C=O) groups is 2. The van der Waals surface area contributed by atoms with Gasteiger partial charge in [-0.15, -0.1) is 11.3 Å². The molecular formula is C20H17ClN2O3S. The second-order valence-corrected chi connectivity index (χ2v) is 7.15. The molecule has 7 heteroatoms. The Morgan fingerprint density at radius 3 is 2.56 bits per heavy atom. The lowest BCUT2D eigenvalue weighted by molar-refractivity contribution is -0.124. The van der Waals surface area contributed by atoms with E-state index in [4.69, 9.17) is 22.1 Å². The van der Waals surface area contributed by atoms with Gasteiger partial charge in [-0.05, 0) is 35.2 Å². The number of rotatable bonds is 6. The van der Waals surface area contributed by atoms with Gasteiger partial charge in [0.15, 0.2) is 6.61 Å². The fraction of sp³-hybridized carbons (Fsp3) is 0.100. The zero-order valence-corrected chi connectivity index (χ0v) is 15.8. The van der Waals surface area contributed by atoms with Crippen molar-refractivity contribution in [2.75, 3.05) is 12.3 Å². The molecule has 1 heterocycles. The van der Waals surface area contributed by atoms with Crippen molar-refractivity contribution in [1.82, 2.24) is 5.32 Å². The van der Waals surface area contributed by atoms with Crippen LogP contribution in [0, 0.1) is 0 Å². The molecule has 0 aliphatic carbocycles. The number of nitrogen functional groups attached to an aromatic ring is 1. The predicted octanol–water partition coefficient (Wildman–Crippen LogP) is 4.05. The van der Waals surface area contributed by atoms with E-state index in [9.17, 15) is 9.59 Å². The number of anilines is 1. The molecule has 1 amide bonds. The highest BCUT2D eigenvalue weighted by atomic mass is 35.5. The van der Waals surface area contributed by atoms with Gasteiger partial charge in [-0.2, -0.15) is 0 Å². The number of ether oxygens (including phenoxy) is 1. The fourth-order valence-electron chi connectivity index (χ4n) is 2.55. The first-order chi connectivity index (χ1) is 13.0. The van der Waals surface area contributed by atoms with Crippen LogP contribution >= 0.6 is 22.9 Å². The second-order valence-electron chi connectivity index (χ2n) is 5.73. The van der Waals surface area contributed by atoms with Crippen LogP contribution in [-0.4, -0.2) is 18.5 Å². The van der Waals surface area contributed by atoms with Crippen molar-refractivity contribution in [2.45, 2.75) is 6.04 Å². The largest absolute Gasteiger partial charge is 0.452 e. The summed E-state index contributed by atoms with van der Waals surface area (Å²) in [5, 5.41) is 5.27. The summed E-state index contributed by atoms with van der Waals surface area (Å²) in [6.45, 7) is -0.407. The Morgan fingerprint density at radius 2 is 1.89 bits per heavy atom. The van der Waals surface area contributed by atoms with Crippen molar-refractivity contribution >= 4 is 40.5 Å². The summed E-state index contributed by atoms with van der Waals surface area (Å²) in [6, 6.07) is 17.6. The van der Waals surface area contributed by atoms with Gasteiger partial charge in [0.2, 0.25) is 0 Å². The van der Waals surface area contributed by atoms with Crippen molar-refractivity contribution in [3.63, 3.8) is 0 Å². The lowest BCUT2D eigenvalue weighted by atomic mass is 10.1. The van der Waals surface area contributed by atoms with Crippen LogP contribution in [-0.2, 0) is 9.53 Å². The van der Waals surface area contributed by atoms with Gasteiger partial charge in [-0.3, -0.25) is 4.79 Å². The minimum atomic E-state index is -0.674. The summed E-state index contributed by atoms with van der Waals surface area (Å²) >= 11 is 7.36. The maximum absolute atomic E-state index is 12.4. The van der Waals surface area contributed by atoms with E-state index in [0.717, 1.165) is 10.4 Å². The maximum Gasteiger partial charge on any atom is 0.340 e. The minimum absolute atomic E-state index is 0.171. The summed E-state index contributed by atoms with van der Waals surface area (Å²) in [5.74, 6) is -1.08. The maximum atomic E-state index is 12.4. The number of nitrogens with two attached hydrogens (primary N) is 1. The van der Waals surface area contributed by atoms with Crippen LogP contribution in [0.2, 0.25) is 5.02 Å². The average molecular weight is 401 g/mol. The van der Waals surface area contributed by atoms with Gasteiger partial charge in [0.05, 0.1) is 11.6 Å². The Morgan fingerprint density at radius 1 is 1.11 bits per heavy atom. The van der Waals surface area contributed by atoms with E-state index in [-0.39, 0.29) is 17.3 Å². The first kappa shape index (κ1) is 18.9. The molecule has 0 aliphatic heterocycles. The Kier molecular flexibility index (Phi) is 6.11. The highest BCUT2D eigenvalue weighted by Gasteiger charge is 2.19. The van der Waals surface area contributed by atoms with Gasteiger partial charge < -0.3 is 15.8 Å². The topological polar surface area (TPSA) is 81.4 Å². The van der Waals surface area contributed by atoms with Crippen molar-refractivity contribution in [3.05, 3.63) is 87.1 Å². The van der Waals surface area contributed by atoms with E-state index in [1.165, 1.54) is 18.2 Å². The summed E-state index contributed by atoms with van der Waals surface area (Å²) in [4.78, 5) is 25.5. The molecule has 0 fully saturated rings. The smallest absolute Gasteiger partial charge is 0.340 e. The Hall–Kier alpha value is -2.83. The molecule has 1 atom stereocenters. The number of thiophene rings is 1. The van der Waals surface area contributed by atoms with Crippen molar-refractivity contribution in [1.29, 1.82) is 0 Å². The second kappa shape index (κ2) is 8.70. The number of esters is 1. The van der Waals surface area contributed by atoms with E-state index in [1.54, 1.807) is 11.3 Å². The molecule has 3 N–H and O–H groups in total. The highest BCUT2D eigenvalue weighted by molar-refractivity contribution is 7.10. The first-order valence-electron chi connectivity index (χ1n) is 8.14. The molecule has 1 aromatic heterocycles. The third-order valence-corrected chi connectivity index (χ3v) is 5.01. The Balaban J connectivity index is 1.65. The minimum Gasteiger partial charge on any atom is -0.452 e. The molecule has 3 aromatic rings. The third-order valence-electron chi connectivity index (χ3n) is 3.83. The summed E-state index contributed by atoms with van der Waals surface area (Å²) in [5.41, 5.74) is 7.08. The van der Waals surface area contributed by atoms with Gasteiger partial charge >= 0.3 is 5.97 Å². The summed E-state index contributed by atoms with van der Waals surface area (Å²) in [6.07, 6.45) is 0. The van der Waals surface area contributed by atoms with Crippen LogP contribution in [0.1, 0.15) is 26.8 Å². The number of carbonyl (C=O) groups excluding carboxylic acids is 2. The van der Waals surface area contributed by atoms with Crippen LogP contribution in [0.15, 0.2) is 66.0 Å². The molecule has 5 nitrogen and oxygen atoms in total. The van der Waals surface area contributed by atoms with Crippen LogP contribution < -0.4 is 11.1 Å². The molecule has 138 valence electrons. The van der Waals surface area contributed by atoms with E-state index in [1.807, 2.05) is 47.8 Å². The standard InChI is InChI=1S/C20H17ClN2O3S/c21-14-8-9-15(16(22)11-14)20(25)26-12-18(24)23-19(17-7-4-10-27-17)13-5-2-1-3-6-13/h1-11,19H,12,22H2,(H,23,24)/t19-/m1/s1. The van der Waals surface area contributed by atoms with Gasteiger partial charge in [-0.25, -0.2) is 4.79 Å². The molecule has 0 aliphatic rings. The fourth-order valence-corrected chi connectivity index (χ4v) is 3.53. The number of hydrogen-bond donors (Lipinski definition) is 2. The molecule has 0 spiro atoms. The Bertz CT molecular complexity index is 930. The summed E-state index contributed by atoms with van der Waals surface area (Å²) in [7, 11) is 0. The molecule has 27 heavy (non-hydrogen) atoms. The van der Waals surface area contributed by atoms with E-state index < -0.39 is 18.5 Å². The number of benzene rings is 2. The SMILES string of the molecule is Nc1cc(Cl)ccc1C(=O)OCC(=O)N[C@H](c1ccccc1)c1cccs1. The normalized spacial score (nSPS) is 11.6. The van der Waals surface area contributed by atoms with Crippen molar-refractivity contribution in [3.8, 4) is 0 Å². The predicted molar refractivity (Wildman–Crippen MR) is 107 cm³/mol. The van der Waals surface area contributed by atoms with Crippen molar-refractivity contribution in [2.24, 2.45) is 0 Å². The zero-order chi connectivity index (χ0) is 19.2. The number of hydrogen-bond acceptors (Lipinski definition) is 5. The monoisotopic (exact) mass is 400 g/mol. The number of nitrogens with one attached hydrogen (secondary N) is 1. The number of amides is 1. The average Bonchev–Trinajstić information content (AvgIpc) is 3.19. The van der Waals surface area contributed by atoms with Crippen LogP contribution in [0.25, 0.3) is 0 Å². The third kappa shape index (κ3) is 4.87. The molecule has 0 saturated heterocycles. The number of halogens is 1. The van der Waals surface area contributed by atoms with Crippen LogP contribution in [0.4, 0.5) is 5.69 Å². The summed E-state index contributed by atoms with van der Waals surface area (Å²) < 4.78 is 5.09. The quantitative estimate of drug-likeness (QED) is 0.483. The van der Waals surface area contributed by atoms with Crippen molar-refractivity contribution < 1.29 is 14.3 Å². The molecule has 0 radical (unpaired) electrons.